The molecule has 2 aliphatic rings. The van der Waals surface area contributed by atoms with Crippen molar-refractivity contribution < 1.29 is 0 Å². The van der Waals surface area contributed by atoms with Crippen molar-refractivity contribution in [3.8, 4) is 0 Å². The van der Waals surface area contributed by atoms with Gasteiger partial charge in [0.25, 0.3) is 0 Å². The Labute approximate surface area is 114 Å². The van der Waals surface area contributed by atoms with Crippen molar-refractivity contribution in [1.82, 2.24) is 10.2 Å². The molecule has 1 atom stereocenters. The smallest absolute Gasteiger partial charge is 0.0131 e. The van der Waals surface area contributed by atoms with Crippen LogP contribution < -0.4 is 5.32 Å². The molecule has 2 nitrogen and oxygen atoms in total. The average molecular weight is 252 g/mol. The zero-order valence-corrected chi connectivity index (χ0v) is 12.8. The fourth-order valence-electron chi connectivity index (χ4n) is 3.89. The summed E-state index contributed by atoms with van der Waals surface area (Å²) in [5.74, 6) is 0. The molecule has 0 amide bonds. The first-order chi connectivity index (χ1) is 8.50. The van der Waals surface area contributed by atoms with Crippen LogP contribution in [-0.4, -0.2) is 36.1 Å². The lowest BCUT2D eigenvalue weighted by Gasteiger charge is -2.35. The third-order valence-electron chi connectivity index (χ3n) is 5.24. The van der Waals surface area contributed by atoms with Gasteiger partial charge in [0, 0.05) is 24.7 Å². The summed E-state index contributed by atoms with van der Waals surface area (Å²) >= 11 is 0. The predicted molar refractivity (Wildman–Crippen MR) is 78.9 cm³/mol. The SMILES string of the molecule is CC(C)N(CCC1NCCC1(C)C)C1CCCC1. The number of rotatable bonds is 5. The molecule has 0 aromatic carbocycles. The van der Waals surface area contributed by atoms with Crippen molar-refractivity contribution in [3.63, 3.8) is 0 Å². The van der Waals surface area contributed by atoms with Gasteiger partial charge in [0.15, 0.2) is 0 Å². The molecule has 1 aliphatic heterocycles. The van der Waals surface area contributed by atoms with E-state index in [0.717, 1.165) is 12.1 Å². The first-order valence-electron chi connectivity index (χ1n) is 8.00. The molecule has 1 heterocycles. The van der Waals surface area contributed by atoms with Gasteiger partial charge in [0.05, 0.1) is 0 Å². The summed E-state index contributed by atoms with van der Waals surface area (Å²) in [6.45, 7) is 12.1. The van der Waals surface area contributed by atoms with Gasteiger partial charge in [-0.1, -0.05) is 26.7 Å². The molecule has 1 unspecified atom stereocenters. The highest BCUT2D eigenvalue weighted by Gasteiger charge is 2.34. The van der Waals surface area contributed by atoms with Gasteiger partial charge in [-0.25, -0.2) is 0 Å². The molecule has 1 aliphatic carbocycles. The Balaban J connectivity index is 1.85. The molecule has 1 saturated carbocycles. The minimum Gasteiger partial charge on any atom is -0.313 e. The minimum atomic E-state index is 0.498. The highest BCUT2D eigenvalue weighted by Crippen LogP contribution is 2.32. The standard InChI is InChI=1S/C16H32N2/c1-13(2)18(14-7-5-6-8-14)12-9-15-16(3,4)10-11-17-15/h13-15,17H,5-12H2,1-4H3. The normalized spacial score (nSPS) is 28.7. The minimum absolute atomic E-state index is 0.498. The van der Waals surface area contributed by atoms with E-state index in [1.54, 1.807) is 0 Å². The lowest BCUT2D eigenvalue weighted by molar-refractivity contribution is 0.138. The Morgan fingerprint density at radius 2 is 1.89 bits per heavy atom. The van der Waals surface area contributed by atoms with Crippen LogP contribution in [0.5, 0.6) is 0 Å². The molecule has 2 fully saturated rings. The van der Waals surface area contributed by atoms with Gasteiger partial charge in [-0.3, -0.25) is 4.90 Å². The summed E-state index contributed by atoms with van der Waals surface area (Å²) in [6, 6.07) is 2.30. The molecule has 2 rings (SSSR count). The average Bonchev–Trinajstić information content (AvgIpc) is 2.89. The van der Waals surface area contributed by atoms with Gasteiger partial charge in [0.2, 0.25) is 0 Å². The molecule has 0 radical (unpaired) electrons. The fourth-order valence-corrected chi connectivity index (χ4v) is 3.89. The van der Waals surface area contributed by atoms with Crippen molar-refractivity contribution in [2.24, 2.45) is 5.41 Å². The van der Waals surface area contributed by atoms with E-state index in [1.807, 2.05) is 0 Å². The Morgan fingerprint density at radius 1 is 1.22 bits per heavy atom. The van der Waals surface area contributed by atoms with Gasteiger partial charge in [-0.05, 0) is 51.5 Å². The van der Waals surface area contributed by atoms with E-state index < -0.39 is 0 Å². The highest BCUT2D eigenvalue weighted by molar-refractivity contribution is 4.92. The van der Waals surface area contributed by atoms with Crippen molar-refractivity contribution in [3.05, 3.63) is 0 Å². The third kappa shape index (κ3) is 3.27. The Morgan fingerprint density at radius 3 is 2.39 bits per heavy atom. The van der Waals surface area contributed by atoms with Gasteiger partial charge in [-0.2, -0.15) is 0 Å². The second-order valence-corrected chi connectivity index (χ2v) is 7.30. The van der Waals surface area contributed by atoms with Crippen LogP contribution in [0.25, 0.3) is 0 Å². The number of hydrogen-bond acceptors (Lipinski definition) is 2. The molecule has 0 bridgehead atoms. The Hall–Kier alpha value is -0.0800. The van der Waals surface area contributed by atoms with Crippen molar-refractivity contribution >= 4 is 0 Å². The predicted octanol–water partition coefficient (Wildman–Crippen LogP) is 3.42. The van der Waals surface area contributed by atoms with Crippen LogP contribution in [0.1, 0.15) is 66.2 Å². The topological polar surface area (TPSA) is 15.3 Å². The summed E-state index contributed by atoms with van der Waals surface area (Å²) in [6.07, 6.45) is 8.41. The van der Waals surface area contributed by atoms with Crippen LogP contribution in [-0.2, 0) is 0 Å². The molecular weight excluding hydrogens is 220 g/mol. The van der Waals surface area contributed by atoms with E-state index in [2.05, 4.69) is 37.9 Å². The van der Waals surface area contributed by atoms with Gasteiger partial charge in [0.1, 0.15) is 0 Å². The zero-order valence-electron chi connectivity index (χ0n) is 12.8. The summed E-state index contributed by atoms with van der Waals surface area (Å²) in [7, 11) is 0. The third-order valence-corrected chi connectivity index (χ3v) is 5.24. The monoisotopic (exact) mass is 252 g/mol. The maximum atomic E-state index is 3.71. The molecule has 1 N–H and O–H groups in total. The molecular formula is C16H32N2. The van der Waals surface area contributed by atoms with E-state index in [9.17, 15) is 0 Å². The van der Waals surface area contributed by atoms with Crippen LogP contribution in [0, 0.1) is 5.41 Å². The second-order valence-electron chi connectivity index (χ2n) is 7.30. The van der Waals surface area contributed by atoms with E-state index >= 15 is 0 Å². The van der Waals surface area contributed by atoms with Crippen molar-refractivity contribution in [1.29, 1.82) is 0 Å². The van der Waals surface area contributed by atoms with Gasteiger partial charge < -0.3 is 5.32 Å². The summed E-state index contributed by atoms with van der Waals surface area (Å²) < 4.78 is 0. The maximum Gasteiger partial charge on any atom is 0.0131 e. The summed E-state index contributed by atoms with van der Waals surface area (Å²) in [5, 5.41) is 3.71. The first kappa shape index (κ1) is 14.3. The molecule has 1 saturated heterocycles. The highest BCUT2D eigenvalue weighted by atomic mass is 15.2. The largest absolute Gasteiger partial charge is 0.313 e. The van der Waals surface area contributed by atoms with Crippen LogP contribution >= 0.6 is 0 Å². The molecule has 0 aromatic heterocycles. The number of nitrogens with zero attached hydrogens (tertiary/aromatic N) is 1. The molecule has 0 aromatic rings. The second kappa shape index (κ2) is 5.92. The lowest BCUT2D eigenvalue weighted by Crippen LogP contribution is -2.43. The number of nitrogens with one attached hydrogen (secondary N) is 1. The molecule has 2 heteroatoms. The summed E-state index contributed by atoms with van der Waals surface area (Å²) in [5.41, 5.74) is 0.498. The van der Waals surface area contributed by atoms with E-state index in [4.69, 9.17) is 0 Å². The Kier molecular flexibility index (Phi) is 4.71. The zero-order chi connectivity index (χ0) is 13.2. The van der Waals surface area contributed by atoms with Crippen molar-refractivity contribution in [2.75, 3.05) is 13.1 Å². The number of hydrogen-bond donors (Lipinski definition) is 1. The van der Waals surface area contributed by atoms with Gasteiger partial charge >= 0.3 is 0 Å². The van der Waals surface area contributed by atoms with Crippen LogP contribution in [0.4, 0.5) is 0 Å². The Bertz CT molecular complexity index is 254. The van der Waals surface area contributed by atoms with E-state index in [1.165, 1.54) is 51.6 Å². The van der Waals surface area contributed by atoms with Crippen molar-refractivity contribution in [2.45, 2.75) is 84.3 Å². The fraction of sp³-hybridized carbons (Fsp3) is 1.00. The summed E-state index contributed by atoms with van der Waals surface area (Å²) in [4.78, 5) is 2.77. The van der Waals surface area contributed by atoms with Gasteiger partial charge in [-0.15, -0.1) is 0 Å². The first-order valence-corrected chi connectivity index (χ1v) is 8.00. The van der Waals surface area contributed by atoms with Crippen LogP contribution in [0.3, 0.4) is 0 Å². The van der Waals surface area contributed by atoms with E-state index in [-0.39, 0.29) is 0 Å². The quantitative estimate of drug-likeness (QED) is 0.806. The van der Waals surface area contributed by atoms with E-state index in [0.29, 0.717) is 11.5 Å². The molecule has 0 spiro atoms. The molecule has 106 valence electrons. The van der Waals surface area contributed by atoms with Crippen LogP contribution in [0.15, 0.2) is 0 Å². The maximum absolute atomic E-state index is 3.71. The molecule has 18 heavy (non-hydrogen) atoms. The van der Waals surface area contributed by atoms with Crippen LogP contribution in [0.2, 0.25) is 0 Å². The lowest BCUT2D eigenvalue weighted by atomic mass is 9.83.